The number of hydrogen-bond acceptors (Lipinski definition) is 4. The Labute approximate surface area is 166 Å². The zero-order valence-corrected chi connectivity index (χ0v) is 18.1. The summed E-state index contributed by atoms with van der Waals surface area (Å²) in [7, 11) is -3.71. The smallest absolute Gasteiger partial charge is 0.241 e. The molecule has 3 rings (SSSR count). The number of aromatic nitrogens is 2. The molecule has 0 radical (unpaired) electrons. The number of hydrogen-bond donors (Lipinski definition) is 1. The molecule has 7 nitrogen and oxygen atoms in total. The molecule has 0 saturated carbocycles. The number of anilines is 1. The second kappa shape index (κ2) is 7.33. The Balaban J connectivity index is 1.90. The number of rotatable bonds is 5. The van der Waals surface area contributed by atoms with E-state index in [9.17, 15) is 13.2 Å². The van der Waals surface area contributed by atoms with Crippen LogP contribution >= 0.6 is 0 Å². The predicted molar refractivity (Wildman–Crippen MR) is 109 cm³/mol. The van der Waals surface area contributed by atoms with Crippen molar-refractivity contribution in [3.05, 3.63) is 40.7 Å². The van der Waals surface area contributed by atoms with Crippen molar-refractivity contribution in [2.75, 3.05) is 4.90 Å². The predicted octanol–water partition coefficient (Wildman–Crippen LogP) is 2.86. The van der Waals surface area contributed by atoms with Crippen molar-refractivity contribution in [2.45, 2.75) is 71.5 Å². The van der Waals surface area contributed by atoms with E-state index in [1.54, 1.807) is 23.1 Å². The standard InChI is InChI=1S/C20H28N4O3S/c1-7-23-15(5)20(13(3)21-23)14(4)22-28(26,27)18-8-9-19-17(11-18)10-12(2)24(19)16(6)25/h8-9,11-12,14,22H,7,10H2,1-6H3/t12-,14-/m0/s1. The summed E-state index contributed by atoms with van der Waals surface area (Å²) >= 11 is 0. The van der Waals surface area contributed by atoms with E-state index in [1.165, 1.54) is 6.92 Å². The van der Waals surface area contributed by atoms with Gasteiger partial charge in [-0.05, 0) is 64.8 Å². The number of carbonyl (C=O) groups excluding carboxylic acids is 1. The third-order valence-corrected chi connectivity index (χ3v) is 6.96. The Morgan fingerprint density at radius 1 is 1.36 bits per heavy atom. The Morgan fingerprint density at radius 3 is 2.61 bits per heavy atom. The summed E-state index contributed by atoms with van der Waals surface area (Å²) in [5, 5.41) is 4.48. The Bertz CT molecular complexity index is 1030. The molecule has 28 heavy (non-hydrogen) atoms. The average Bonchev–Trinajstić information content (AvgIpc) is 3.08. The zero-order chi connectivity index (χ0) is 20.8. The molecule has 152 valence electrons. The molecule has 0 aliphatic carbocycles. The summed E-state index contributed by atoms with van der Waals surface area (Å²) in [4.78, 5) is 13.8. The fourth-order valence-electron chi connectivity index (χ4n) is 4.26. The average molecular weight is 405 g/mol. The van der Waals surface area contributed by atoms with Crippen LogP contribution in [0.4, 0.5) is 5.69 Å². The number of carbonyl (C=O) groups is 1. The number of nitrogens with zero attached hydrogens (tertiary/aromatic N) is 3. The lowest BCUT2D eigenvalue weighted by molar-refractivity contribution is -0.116. The lowest BCUT2D eigenvalue weighted by atomic mass is 10.1. The van der Waals surface area contributed by atoms with Gasteiger partial charge in [-0.2, -0.15) is 5.10 Å². The Kier molecular flexibility index (Phi) is 5.38. The molecule has 1 N–H and O–H groups in total. The third-order valence-electron chi connectivity index (χ3n) is 5.42. The highest BCUT2D eigenvalue weighted by molar-refractivity contribution is 7.89. The second-order valence-electron chi connectivity index (χ2n) is 7.48. The van der Waals surface area contributed by atoms with Crippen LogP contribution in [-0.4, -0.2) is 30.1 Å². The van der Waals surface area contributed by atoms with Gasteiger partial charge in [0.1, 0.15) is 0 Å². The van der Waals surface area contributed by atoms with Crippen LogP contribution in [0.3, 0.4) is 0 Å². The van der Waals surface area contributed by atoms with Gasteiger partial charge in [-0.1, -0.05) is 0 Å². The molecule has 0 spiro atoms. The molecule has 2 heterocycles. The molecule has 0 fully saturated rings. The largest absolute Gasteiger partial charge is 0.309 e. The van der Waals surface area contributed by atoms with Crippen LogP contribution in [0.5, 0.6) is 0 Å². The first-order valence-electron chi connectivity index (χ1n) is 9.55. The van der Waals surface area contributed by atoms with Gasteiger partial charge in [-0.3, -0.25) is 9.48 Å². The van der Waals surface area contributed by atoms with E-state index in [0.717, 1.165) is 34.7 Å². The van der Waals surface area contributed by atoms with Crippen molar-refractivity contribution < 1.29 is 13.2 Å². The number of amides is 1. The number of fused-ring (bicyclic) bond motifs is 1. The fourth-order valence-corrected chi connectivity index (χ4v) is 5.52. The van der Waals surface area contributed by atoms with Crippen molar-refractivity contribution in [1.82, 2.24) is 14.5 Å². The lowest BCUT2D eigenvalue weighted by Crippen LogP contribution is -2.33. The van der Waals surface area contributed by atoms with Crippen molar-refractivity contribution in [1.29, 1.82) is 0 Å². The maximum Gasteiger partial charge on any atom is 0.241 e. The summed E-state index contributed by atoms with van der Waals surface area (Å²) in [6.45, 7) is 11.9. The maximum absolute atomic E-state index is 13.0. The highest BCUT2D eigenvalue weighted by Crippen LogP contribution is 2.34. The van der Waals surface area contributed by atoms with Crippen LogP contribution in [0.25, 0.3) is 0 Å². The summed E-state index contributed by atoms with van der Waals surface area (Å²) < 4.78 is 30.6. The Hall–Kier alpha value is -2.19. The molecule has 0 unspecified atom stereocenters. The summed E-state index contributed by atoms with van der Waals surface area (Å²) in [5.41, 5.74) is 4.37. The van der Waals surface area contributed by atoms with Gasteiger partial charge in [0.2, 0.25) is 15.9 Å². The first kappa shape index (κ1) is 20.5. The highest BCUT2D eigenvalue weighted by atomic mass is 32.2. The first-order chi connectivity index (χ1) is 13.1. The van der Waals surface area contributed by atoms with E-state index in [1.807, 2.05) is 39.3 Å². The van der Waals surface area contributed by atoms with E-state index >= 15 is 0 Å². The minimum atomic E-state index is -3.71. The molecule has 8 heteroatoms. The van der Waals surface area contributed by atoms with Crippen molar-refractivity contribution in [2.24, 2.45) is 0 Å². The van der Waals surface area contributed by atoms with Gasteiger partial charge in [-0.25, -0.2) is 13.1 Å². The number of benzene rings is 1. The highest BCUT2D eigenvalue weighted by Gasteiger charge is 2.31. The van der Waals surface area contributed by atoms with Crippen LogP contribution in [0.2, 0.25) is 0 Å². The molecule has 0 saturated heterocycles. The van der Waals surface area contributed by atoms with E-state index in [2.05, 4.69) is 9.82 Å². The SMILES string of the molecule is CCn1nc(C)c([C@H](C)NS(=O)(=O)c2ccc3c(c2)C[C@H](C)N3C(C)=O)c1C. The van der Waals surface area contributed by atoms with Gasteiger partial charge in [0.15, 0.2) is 0 Å². The normalized spacial score (nSPS) is 17.6. The van der Waals surface area contributed by atoms with Crippen LogP contribution in [0.15, 0.2) is 23.1 Å². The van der Waals surface area contributed by atoms with E-state index in [4.69, 9.17) is 0 Å². The molecule has 1 amide bonds. The maximum atomic E-state index is 13.0. The van der Waals surface area contributed by atoms with Crippen molar-refractivity contribution >= 4 is 21.6 Å². The number of nitrogens with one attached hydrogen (secondary N) is 1. The monoisotopic (exact) mass is 404 g/mol. The summed E-state index contributed by atoms with van der Waals surface area (Å²) in [6.07, 6.45) is 0.648. The second-order valence-corrected chi connectivity index (χ2v) is 9.19. The van der Waals surface area contributed by atoms with Gasteiger partial charge in [-0.15, -0.1) is 0 Å². The van der Waals surface area contributed by atoms with Gasteiger partial charge in [0.25, 0.3) is 0 Å². The van der Waals surface area contributed by atoms with Gasteiger partial charge in [0.05, 0.1) is 10.6 Å². The van der Waals surface area contributed by atoms with Crippen LogP contribution in [-0.2, 0) is 27.8 Å². The van der Waals surface area contributed by atoms with Crippen LogP contribution in [0.1, 0.15) is 56.3 Å². The van der Waals surface area contributed by atoms with Gasteiger partial charge < -0.3 is 4.90 Å². The summed E-state index contributed by atoms with van der Waals surface area (Å²) in [5.74, 6) is -0.0347. The first-order valence-corrected chi connectivity index (χ1v) is 11.0. The zero-order valence-electron chi connectivity index (χ0n) is 17.3. The fraction of sp³-hybridized carbons (Fsp3) is 0.500. The number of aryl methyl sites for hydroxylation is 2. The van der Waals surface area contributed by atoms with Crippen LogP contribution < -0.4 is 9.62 Å². The Morgan fingerprint density at radius 2 is 2.04 bits per heavy atom. The van der Waals surface area contributed by atoms with Crippen LogP contribution in [0, 0.1) is 13.8 Å². The molecular weight excluding hydrogens is 376 g/mol. The third kappa shape index (κ3) is 3.46. The quantitative estimate of drug-likeness (QED) is 0.830. The minimum Gasteiger partial charge on any atom is -0.309 e. The number of sulfonamides is 1. The molecule has 2 aromatic rings. The van der Waals surface area contributed by atoms with Crippen molar-refractivity contribution in [3.8, 4) is 0 Å². The van der Waals surface area contributed by atoms with Gasteiger partial charge in [0, 0.05) is 42.5 Å². The molecular formula is C20H28N4O3S. The topological polar surface area (TPSA) is 84.3 Å². The lowest BCUT2D eigenvalue weighted by Gasteiger charge is -2.20. The van der Waals surface area contributed by atoms with Crippen molar-refractivity contribution in [3.63, 3.8) is 0 Å². The molecule has 2 atom stereocenters. The summed E-state index contributed by atoms with van der Waals surface area (Å²) in [6, 6.07) is 4.61. The minimum absolute atomic E-state index is 0.0301. The molecule has 1 aromatic heterocycles. The van der Waals surface area contributed by atoms with Gasteiger partial charge >= 0.3 is 0 Å². The molecule has 1 aromatic carbocycles. The van der Waals surface area contributed by atoms with E-state index in [0.29, 0.717) is 6.42 Å². The van der Waals surface area contributed by atoms with E-state index in [-0.39, 0.29) is 16.8 Å². The molecule has 1 aliphatic heterocycles. The molecule has 0 bridgehead atoms. The van der Waals surface area contributed by atoms with E-state index < -0.39 is 16.1 Å². The molecule has 1 aliphatic rings.